The van der Waals surface area contributed by atoms with Crippen LogP contribution in [0.25, 0.3) is 0 Å². The monoisotopic (exact) mass is 220 g/mol. The normalized spacial score (nSPS) is 11.6. The molecule has 6 heteroatoms. The van der Waals surface area contributed by atoms with Gasteiger partial charge in [0.15, 0.2) is 5.75 Å². The van der Waals surface area contributed by atoms with Gasteiger partial charge in [0.05, 0.1) is 5.69 Å². The number of nitrogens with zero attached hydrogens (tertiary/aromatic N) is 1. The second-order valence-electron chi connectivity index (χ2n) is 3.09. The Morgan fingerprint density at radius 3 is 2.47 bits per heavy atom. The highest BCUT2D eigenvalue weighted by atomic mass is 19.4. The van der Waals surface area contributed by atoms with Crippen molar-refractivity contribution in [2.75, 3.05) is 0 Å². The van der Waals surface area contributed by atoms with Gasteiger partial charge in [-0.3, -0.25) is 4.98 Å². The smallest absolute Gasteiger partial charge is 0.403 e. The summed E-state index contributed by atoms with van der Waals surface area (Å²) in [6.07, 6.45) is -4.72. The van der Waals surface area contributed by atoms with Crippen LogP contribution in [0.2, 0.25) is 0 Å². The summed E-state index contributed by atoms with van der Waals surface area (Å²) in [6.45, 7) is 3.12. The molecule has 0 aliphatic rings. The van der Waals surface area contributed by atoms with E-state index in [1.165, 1.54) is 13.0 Å². The summed E-state index contributed by atoms with van der Waals surface area (Å²) in [4.78, 5) is 3.89. The minimum absolute atomic E-state index is 0.0182. The molecule has 0 saturated carbocycles. The van der Waals surface area contributed by atoms with Crippen molar-refractivity contribution in [3.8, 4) is 5.75 Å². The molecule has 0 atom stereocenters. The minimum atomic E-state index is -4.72. The summed E-state index contributed by atoms with van der Waals surface area (Å²) < 4.78 is 40.0. The van der Waals surface area contributed by atoms with E-state index in [2.05, 4.69) is 9.72 Å². The van der Waals surface area contributed by atoms with Gasteiger partial charge in [-0.05, 0) is 19.9 Å². The molecular weight excluding hydrogens is 209 g/mol. The molecule has 15 heavy (non-hydrogen) atoms. The first kappa shape index (κ1) is 11.8. The number of alkyl halides is 3. The number of ether oxygens (including phenoxy) is 1. The van der Waals surface area contributed by atoms with Gasteiger partial charge in [-0.25, -0.2) is 0 Å². The first-order chi connectivity index (χ1) is 6.83. The lowest BCUT2D eigenvalue weighted by atomic mass is 10.2. The van der Waals surface area contributed by atoms with E-state index in [0.717, 1.165) is 0 Å². The molecule has 0 aliphatic heterocycles. The zero-order valence-electron chi connectivity index (χ0n) is 8.35. The van der Waals surface area contributed by atoms with Gasteiger partial charge in [0.25, 0.3) is 0 Å². The first-order valence-electron chi connectivity index (χ1n) is 4.26. The number of rotatable bonds is 2. The lowest BCUT2D eigenvalue weighted by Crippen LogP contribution is -2.20. The second kappa shape index (κ2) is 4.06. The maximum atomic E-state index is 12.0. The van der Waals surface area contributed by atoms with Crippen molar-refractivity contribution in [3.05, 3.63) is 23.0 Å². The second-order valence-corrected chi connectivity index (χ2v) is 3.09. The van der Waals surface area contributed by atoms with Gasteiger partial charge < -0.3 is 10.5 Å². The zero-order valence-corrected chi connectivity index (χ0v) is 8.35. The molecule has 2 N–H and O–H groups in total. The quantitative estimate of drug-likeness (QED) is 0.829. The van der Waals surface area contributed by atoms with Crippen molar-refractivity contribution in [3.63, 3.8) is 0 Å². The fourth-order valence-electron chi connectivity index (χ4n) is 1.30. The molecule has 0 spiro atoms. The zero-order chi connectivity index (χ0) is 11.6. The Hall–Kier alpha value is -1.30. The van der Waals surface area contributed by atoms with Gasteiger partial charge in [0.1, 0.15) is 0 Å². The largest absolute Gasteiger partial charge is 0.573 e. The summed E-state index contributed by atoms with van der Waals surface area (Å²) in [5, 5.41) is 0. The average molecular weight is 220 g/mol. The fraction of sp³-hybridized carbons (Fsp3) is 0.444. The molecule has 0 unspecified atom stereocenters. The van der Waals surface area contributed by atoms with Gasteiger partial charge in [-0.15, -0.1) is 13.2 Å². The van der Waals surface area contributed by atoms with Gasteiger partial charge in [0, 0.05) is 17.8 Å². The third kappa shape index (κ3) is 3.09. The summed E-state index contributed by atoms with van der Waals surface area (Å²) in [6, 6.07) is 1.48. The third-order valence-corrected chi connectivity index (χ3v) is 1.79. The number of pyridine rings is 1. The molecular formula is C9H11F3N2O. The van der Waals surface area contributed by atoms with Crippen LogP contribution in [0.15, 0.2) is 6.07 Å². The molecule has 1 heterocycles. The number of halogens is 3. The first-order valence-corrected chi connectivity index (χ1v) is 4.26. The molecule has 1 aromatic heterocycles. The highest BCUT2D eigenvalue weighted by molar-refractivity contribution is 5.38. The van der Waals surface area contributed by atoms with Crippen LogP contribution in [0.3, 0.4) is 0 Å². The Morgan fingerprint density at radius 2 is 2.00 bits per heavy atom. The molecule has 0 aromatic carbocycles. The minimum Gasteiger partial charge on any atom is -0.403 e. The number of hydrogen-bond donors (Lipinski definition) is 1. The fourth-order valence-corrected chi connectivity index (χ4v) is 1.30. The van der Waals surface area contributed by atoms with Crippen LogP contribution in [0.4, 0.5) is 13.2 Å². The van der Waals surface area contributed by atoms with E-state index in [4.69, 9.17) is 5.73 Å². The van der Waals surface area contributed by atoms with Crippen LogP contribution in [0, 0.1) is 13.8 Å². The number of aromatic nitrogens is 1. The van der Waals surface area contributed by atoms with Crippen LogP contribution in [0.5, 0.6) is 5.75 Å². The lowest BCUT2D eigenvalue weighted by molar-refractivity contribution is -0.275. The van der Waals surface area contributed by atoms with E-state index < -0.39 is 6.36 Å². The Balaban J connectivity index is 3.15. The maximum Gasteiger partial charge on any atom is 0.573 e. The van der Waals surface area contributed by atoms with E-state index in [-0.39, 0.29) is 18.0 Å². The Bertz CT molecular complexity index is 363. The highest BCUT2D eigenvalue weighted by Gasteiger charge is 2.33. The predicted molar refractivity (Wildman–Crippen MR) is 48.3 cm³/mol. The maximum absolute atomic E-state index is 12.0. The Morgan fingerprint density at radius 1 is 1.40 bits per heavy atom. The van der Waals surface area contributed by atoms with Gasteiger partial charge >= 0.3 is 6.36 Å². The summed E-state index contributed by atoms with van der Waals surface area (Å²) in [5.74, 6) is -0.296. The predicted octanol–water partition coefficient (Wildman–Crippen LogP) is 2.06. The van der Waals surface area contributed by atoms with Gasteiger partial charge in [0.2, 0.25) is 0 Å². The lowest BCUT2D eigenvalue weighted by Gasteiger charge is -2.14. The SMILES string of the molecule is Cc1cc(CN)c(OC(F)(F)F)c(C)n1. The topological polar surface area (TPSA) is 48.1 Å². The third-order valence-electron chi connectivity index (χ3n) is 1.79. The summed E-state index contributed by atoms with van der Waals surface area (Å²) in [5.41, 5.74) is 6.44. The van der Waals surface area contributed by atoms with Crippen LogP contribution in [-0.4, -0.2) is 11.3 Å². The number of nitrogens with two attached hydrogens (primary N) is 1. The van der Waals surface area contributed by atoms with Crippen molar-refractivity contribution < 1.29 is 17.9 Å². The van der Waals surface area contributed by atoms with Crippen LogP contribution >= 0.6 is 0 Å². The molecule has 0 fully saturated rings. The summed E-state index contributed by atoms with van der Waals surface area (Å²) in [7, 11) is 0. The van der Waals surface area contributed by atoms with Crippen LogP contribution in [0.1, 0.15) is 17.0 Å². The van der Waals surface area contributed by atoms with Crippen molar-refractivity contribution in [1.82, 2.24) is 4.98 Å². The molecule has 3 nitrogen and oxygen atoms in total. The molecule has 84 valence electrons. The van der Waals surface area contributed by atoms with Crippen molar-refractivity contribution in [2.45, 2.75) is 26.8 Å². The molecule has 0 amide bonds. The van der Waals surface area contributed by atoms with E-state index in [0.29, 0.717) is 11.3 Å². The van der Waals surface area contributed by atoms with Crippen LogP contribution in [-0.2, 0) is 6.54 Å². The number of aryl methyl sites for hydroxylation is 2. The molecule has 0 aliphatic carbocycles. The van der Waals surface area contributed by atoms with Gasteiger partial charge in [-0.2, -0.15) is 0 Å². The Labute approximate surface area is 85.1 Å². The highest BCUT2D eigenvalue weighted by Crippen LogP contribution is 2.29. The number of hydrogen-bond acceptors (Lipinski definition) is 3. The van der Waals surface area contributed by atoms with E-state index in [1.807, 2.05) is 0 Å². The molecule has 0 saturated heterocycles. The van der Waals surface area contributed by atoms with Crippen molar-refractivity contribution in [2.24, 2.45) is 5.73 Å². The van der Waals surface area contributed by atoms with Crippen LogP contribution < -0.4 is 10.5 Å². The van der Waals surface area contributed by atoms with E-state index in [9.17, 15) is 13.2 Å². The van der Waals surface area contributed by atoms with E-state index >= 15 is 0 Å². The standard InChI is InChI=1S/C9H11F3N2O/c1-5-3-7(4-13)8(6(2)14-5)15-9(10,11)12/h3H,4,13H2,1-2H3. The van der Waals surface area contributed by atoms with Gasteiger partial charge in [-0.1, -0.05) is 0 Å². The molecule has 0 radical (unpaired) electrons. The molecule has 1 aromatic rings. The Kier molecular flexibility index (Phi) is 3.18. The molecule has 1 rings (SSSR count). The molecule has 0 bridgehead atoms. The van der Waals surface area contributed by atoms with Crippen molar-refractivity contribution >= 4 is 0 Å². The summed E-state index contributed by atoms with van der Waals surface area (Å²) >= 11 is 0. The van der Waals surface area contributed by atoms with Crippen molar-refractivity contribution in [1.29, 1.82) is 0 Å². The average Bonchev–Trinajstić information content (AvgIpc) is 2.07. The van der Waals surface area contributed by atoms with E-state index in [1.54, 1.807) is 6.92 Å².